The molecule has 0 saturated carbocycles. The molecule has 0 unspecified atom stereocenters. The Kier molecular flexibility index (Phi) is 3.86. The van der Waals surface area contributed by atoms with E-state index >= 15 is 0 Å². The quantitative estimate of drug-likeness (QED) is 0.519. The zero-order chi connectivity index (χ0) is 15.9. The summed E-state index contributed by atoms with van der Waals surface area (Å²) in [6.07, 6.45) is 0. The van der Waals surface area contributed by atoms with Crippen LogP contribution >= 0.6 is 12.2 Å². The molecule has 3 N–H and O–H groups in total. The van der Waals surface area contributed by atoms with Crippen LogP contribution < -0.4 is 11.1 Å². The maximum atomic E-state index is 13.7. The molecule has 0 saturated heterocycles. The van der Waals surface area contributed by atoms with Crippen LogP contribution in [-0.4, -0.2) is 14.8 Å². The van der Waals surface area contributed by atoms with E-state index in [2.05, 4.69) is 10.4 Å². The van der Waals surface area contributed by atoms with Crippen LogP contribution in [0.5, 0.6) is 0 Å². The third-order valence-electron chi connectivity index (χ3n) is 2.82. The molecule has 112 valence electrons. The summed E-state index contributed by atoms with van der Waals surface area (Å²) in [6, 6.07) is 0.124. The van der Waals surface area contributed by atoms with Gasteiger partial charge in [0.1, 0.15) is 16.5 Å². The van der Waals surface area contributed by atoms with E-state index in [1.807, 2.05) is 0 Å². The molecule has 0 atom stereocenters. The Morgan fingerprint density at radius 2 is 1.76 bits per heavy atom. The first-order valence-electron chi connectivity index (χ1n) is 5.67. The van der Waals surface area contributed by atoms with Crippen molar-refractivity contribution in [3.05, 3.63) is 40.6 Å². The van der Waals surface area contributed by atoms with Gasteiger partial charge in [-0.3, -0.25) is 4.68 Å². The summed E-state index contributed by atoms with van der Waals surface area (Å²) in [5, 5.41) is 6.25. The summed E-state index contributed by atoms with van der Waals surface area (Å²) >= 11 is 4.83. The summed E-state index contributed by atoms with van der Waals surface area (Å²) < 4.78 is 54.9. The third-order valence-corrected chi connectivity index (χ3v) is 3.03. The number of rotatable bonds is 3. The van der Waals surface area contributed by atoms with Crippen LogP contribution in [0, 0.1) is 30.2 Å². The lowest BCUT2D eigenvalue weighted by Gasteiger charge is -2.12. The highest BCUT2D eigenvalue weighted by Crippen LogP contribution is 2.29. The zero-order valence-corrected chi connectivity index (χ0v) is 11.8. The molecule has 1 aromatic heterocycles. The predicted octanol–water partition coefficient (Wildman–Crippen LogP) is 2.66. The summed E-state index contributed by atoms with van der Waals surface area (Å²) in [4.78, 5) is -0.0687. The van der Waals surface area contributed by atoms with Crippen molar-refractivity contribution in [1.82, 2.24) is 9.78 Å². The summed E-state index contributed by atoms with van der Waals surface area (Å²) in [5.41, 5.74) is 5.18. The van der Waals surface area contributed by atoms with Gasteiger partial charge in [0, 0.05) is 13.1 Å². The van der Waals surface area contributed by atoms with Gasteiger partial charge in [-0.15, -0.1) is 0 Å². The number of benzene rings is 1. The number of hydrogen-bond acceptors (Lipinski definition) is 3. The molecule has 0 fully saturated rings. The second-order valence-corrected chi connectivity index (χ2v) is 4.70. The molecule has 0 amide bonds. The van der Waals surface area contributed by atoms with Crippen LogP contribution in [0.25, 0.3) is 0 Å². The van der Waals surface area contributed by atoms with Gasteiger partial charge in [-0.1, -0.05) is 12.2 Å². The maximum Gasteiger partial charge on any atom is 0.185 e. The Hall–Kier alpha value is -2.16. The van der Waals surface area contributed by atoms with Crippen molar-refractivity contribution in [3.63, 3.8) is 0 Å². The zero-order valence-electron chi connectivity index (χ0n) is 11.0. The number of anilines is 2. The van der Waals surface area contributed by atoms with Crippen LogP contribution in [0.3, 0.4) is 0 Å². The molecule has 1 heterocycles. The number of nitrogens with one attached hydrogen (secondary N) is 1. The van der Waals surface area contributed by atoms with Crippen molar-refractivity contribution in [3.8, 4) is 0 Å². The summed E-state index contributed by atoms with van der Waals surface area (Å²) in [6.45, 7) is 1.58. The normalized spacial score (nSPS) is 10.8. The van der Waals surface area contributed by atoms with Crippen molar-refractivity contribution in [2.24, 2.45) is 12.8 Å². The van der Waals surface area contributed by atoms with Crippen molar-refractivity contribution in [2.75, 3.05) is 5.32 Å². The first-order chi connectivity index (χ1) is 9.73. The molecular formula is C12H10F4N4S. The van der Waals surface area contributed by atoms with Crippen molar-refractivity contribution in [2.45, 2.75) is 6.92 Å². The van der Waals surface area contributed by atoms with E-state index < -0.39 is 29.0 Å². The molecule has 0 aliphatic heterocycles. The molecule has 2 rings (SSSR count). The first kappa shape index (κ1) is 15.2. The Morgan fingerprint density at radius 1 is 1.24 bits per heavy atom. The molecular weight excluding hydrogens is 308 g/mol. The Labute approximate surface area is 122 Å². The highest BCUT2D eigenvalue weighted by molar-refractivity contribution is 7.80. The number of nitrogens with zero attached hydrogens (tertiary/aromatic N) is 2. The SMILES string of the molecule is Cc1nn(C)c(Nc2c(F)c(F)cc(F)c2F)c1C(N)=S. The Morgan fingerprint density at radius 3 is 2.24 bits per heavy atom. The van der Waals surface area contributed by atoms with Gasteiger partial charge < -0.3 is 11.1 Å². The smallest absolute Gasteiger partial charge is 0.185 e. The van der Waals surface area contributed by atoms with E-state index in [0.717, 1.165) is 0 Å². The fourth-order valence-electron chi connectivity index (χ4n) is 1.90. The molecule has 2 aromatic rings. The summed E-state index contributed by atoms with van der Waals surface area (Å²) in [5.74, 6) is -6.12. The average Bonchev–Trinajstić information content (AvgIpc) is 2.66. The average molecular weight is 318 g/mol. The minimum absolute atomic E-state index is 0.0304. The number of nitrogens with two attached hydrogens (primary N) is 1. The minimum atomic E-state index is -1.55. The Bertz CT molecular complexity index is 715. The first-order valence-corrected chi connectivity index (χ1v) is 6.08. The number of halogens is 4. The number of hydrogen-bond donors (Lipinski definition) is 2. The molecule has 0 aliphatic carbocycles. The molecule has 21 heavy (non-hydrogen) atoms. The standard InChI is InChI=1S/C12H10F4N4S/c1-4-7(11(17)21)12(20(2)19-4)18-10-8(15)5(13)3-6(14)9(10)16/h3,18H,1-2H3,(H2,17,21). The highest BCUT2D eigenvalue weighted by Gasteiger charge is 2.23. The molecule has 1 aromatic carbocycles. The number of aromatic nitrogens is 2. The topological polar surface area (TPSA) is 55.9 Å². The number of thiocarbonyl (C=S) groups is 1. The van der Waals surface area contributed by atoms with Crippen LogP contribution in [0.4, 0.5) is 29.1 Å². The largest absolute Gasteiger partial charge is 0.389 e. The van der Waals surface area contributed by atoms with Crippen LogP contribution in [0.15, 0.2) is 6.07 Å². The van der Waals surface area contributed by atoms with Gasteiger partial charge in [0.2, 0.25) is 0 Å². The van der Waals surface area contributed by atoms with Gasteiger partial charge in [0.05, 0.1) is 11.3 Å². The van der Waals surface area contributed by atoms with E-state index in [-0.39, 0.29) is 22.4 Å². The Balaban J connectivity index is 2.61. The summed E-state index contributed by atoms with van der Waals surface area (Å²) in [7, 11) is 1.46. The van der Waals surface area contributed by atoms with E-state index in [0.29, 0.717) is 5.69 Å². The predicted molar refractivity (Wildman–Crippen MR) is 73.4 cm³/mol. The van der Waals surface area contributed by atoms with Gasteiger partial charge in [0.25, 0.3) is 0 Å². The molecule has 0 bridgehead atoms. The molecule has 0 aliphatic rings. The van der Waals surface area contributed by atoms with Crippen LogP contribution in [0.1, 0.15) is 11.3 Å². The second kappa shape index (κ2) is 5.32. The maximum absolute atomic E-state index is 13.7. The lowest BCUT2D eigenvalue weighted by Crippen LogP contribution is -2.14. The van der Waals surface area contributed by atoms with E-state index in [1.165, 1.54) is 11.7 Å². The van der Waals surface area contributed by atoms with E-state index in [1.54, 1.807) is 6.92 Å². The monoisotopic (exact) mass is 318 g/mol. The fourth-order valence-corrected chi connectivity index (χ4v) is 2.14. The van der Waals surface area contributed by atoms with E-state index in [9.17, 15) is 17.6 Å². The minimum Gasteiger partial charge on any atom is -0.389 e. The van der Waals surface area contributed by atoms with Gasteiger partial charge >= 0.3 is 0 Å². The lowest BCUT2D eigenvalue weighted by atomic mass is 10.2. The van der Waals surface area contributed by atoms with Crippen molar-refractivity contribution >= 4 is 28.7 Å². The van der Waals surface area contributed by atoms with Gasteiger partial charge in [-0.25, -0.2) is 17.6 Å². The lowest BCUT2D eigenvalue weighted by molar-refractivity contribution is 0.459. The number of aryl methyl sites for hydroxylation is 2. The fraction of sp³-hybridized carbons (Fsp3) is 0.167. The van der Waals surface area contributed by atoms with Gasteiger partial charge in [-0.2, -0.15) is 5.10 Å². The van der Waals surface area contributed by atoms with Crippen molar-refractivity contribution in [1.29, 1.82) is 0 Å². The van der Waals surface area contributed by atoms with Gasteiger partial charge in [0.15, 0.2) is 23.3 Å². The van der Waals surface area contributed by atoms with E-state index in [4.69, 9.17) is 18.0 Å². The molecule has 0 radical (unpaired) electrons. The van der Waals surface area contributed by atoms with Crippen molar-refractivity contribution < 1.29 is 17.6 Å². The molecule has 9 heteroatoms. The molecule has 4 nitrogen and oxygen atoms in total. The highest BCUT2D eigenvalue weighted by atomic mass is 32.1. The van der Waals surface area contributed by atoms with Crippen LogP contribution in [-0.2, 0) is 7.05 Å². The van der Waals surface area contributed by atoms with Gasteiger partial charge in [-0.05, 0) is 6.92 Å². The molecule has 0 spiro atoms. The van der Waals surface area contributed by atoms with Crippen LogP contribution in [0.2, 0.25) is 0 Å². The third kappa shape index (κ3) is 2.56. The second-order valence-electron chi connectivity index (χ2n) is 4.27.